The molecular weight excluding hydrogens is 182 g/mol. The Labute approximate surface area is 83.7 Å². The van der Waals surface area contributed by atoms with Gasteiger partial charge >= 0.3 is 0 Å². The molecule has 0 amide bonds. The minimum absolute atomic E-state index is 0.807. The maximum absolute atomic E-state index is 6.06. The van der Waals surface area contributed by atoms with Gasteiger partial charge in [0.2, 0.25) is 0 Å². The second-order valence-electron chi connectivity index (χ2n) is 3.14. The number of rotatable bonds is 1. The predicted molar refractivity (Wildman–Crippen MR) is 57.9 cm³/mol. The number of halogens is 1. The molecule has 0 saturated heterocycles. The molecule has 1 aromatic carbocycles. The number of hydrogen-bond donors (Lipinski definition) is 0. The van der Waals surface area contributed by atoms with Crippen LogP contribution < -0.4 is 4.42 Å². The normalized spacial score (nSPS) is 15.2. The van der Waals surface area contributed by atoms with E-state index in [2.05, 4.69) is 31.2 Å². The summed E-state index contributed by atoms with van der Waals surface area (Å²) >= 11 is 6.06. The Kier molecular flexibility index (Phi) is 2.28. The van der Waals surface area contributed by atoms with Crippen molar-refractivity contribution in [2.75, 3.05) is 11.0 Å². The Hall–Kier alpha value is -0.950. The highest BCUT2D eigenvalue weighted by Crippen LogP contribution is 2.33. The molecule has 0 radical (unpaired) electrons. The van der Waals surface area contributed by atoms with E-state index in [1.807, 2.05) is 6.07 Å². The lowest BCUT2D eigenvalue weighted by Gasteiger charge is -2.24. The first-order valence-electron chi connectivity index (χ1n) is 4.54. The average Bonchev–Trinajstić information content (AvgIpc) is 2.19. The average molecular weight is 194 g/mol. The molecule has 68 valence electrons. The van der Waals surface area contributed by atoms with Gasteiger partial charge in [-0.05, 0) is 18.1 Å². The summed E-state index contributed by atoms with van der Waals surface area (Å²) in [6.07, 6.45) is 3.26. The van der Waals surface area contributed by atoms with Gasteiger partial charge in [0.1, 0.15) is 0 Å². The van der Waals surface area contributed by atoms with Crippen LogP contribution in [0.5, 0.6) is 0 Å². The van der Waals surface area contributed by atoms with E-state index in [-0.39, 0.29) is 0 Å². The molecule has 2 rings (SSSR count). The molecule has 0 unspecified atom stereocenters. The summed E-state index contributed by atoms with van der Waals surface area (Å²) in [5.74, 6) is 0. The van der Waals surface area contributed by atoms with Crippen LogP contribution in [0, 0.1) is 0 Å². The minimum atomic E-state index is 0.807. The fourth-order valence-corrected chi connectivity index (χ4v) is 1.91. The fraction of sp³-hybridized carbons (Fsp3) is 0.273. The molecule has 13 heavy (non-hydrogen) atoms. The lowest BCUT2D eigenvalue weighted by atomic mass is 9.98. The van der Waals surface area contributed by atoms with E-state index in [0.717, 1.165) is 18.7 Å². The zero-order valence-electron chi connectivity index (χ0n) is 7.63. The molecule has 1 aliphatic rings. The van der Waals surface area contributed by atoms with Crippen molar-refractivity contribution in [3.05, 3.63) is 35.9 Å². The molecule has 1 nitrogen and oxygen atoms in total. The van der Waals surface area contributed by atoms with Crippen LogP contribution in [0.15, 0.2) is 30.3 Å². The molecule has 0 fully saturated rings. The molecule has 1 heterocycles. The van der Waals surface area contributed by atoms with Gasteiger partial charge in [0.05, 0.1) is 12.2 Å². The molecule has 1 aromatic rings. The molecule has 0 aromatic heterocycles. The molecule has 0 atom stereocenters. The third-order valence-corrected chi connectivity index (χ3v) is 2.71. The van der Waals surface area contributed by atoms with Gasteiger partial charge in [-0.3, -0.25) is 4.42 Å². The van der Waals surface area contributed by atoms with Crippen molar-refractivity contribution in [1.29, 1.82) is 0 Å². The second kappa shape index (κ2) is 3.43. The molecule has 0 spiro atoms. The molecule has 0 N–H and O–H groups in total. The molecule has 0 bridgehead atoms. The number of benzene rings is 1. The summed E-state index contributed by atoms with van der Waals surface area (Å²) in [6, 6.07) is 8.26. The van der Waals surface area contributed by atoms with Crippen LogP contribution in [0.3, 0.4) is 0 Å². The summed E-state index contributed by atoms with van der Waals surface area (Å²) in [5, 5.41) is 0. The van der Waals surface area contributed by atoms with Crippen LogP contribution >= 0.6 is 11.8 Å². The van der Waals surface area contributed by atoms with Crippen LogP contribution in [0.2, 0.25) is 0 Å². The Morgan fingerprint density at radius 2 is 2.15 bits per heavy atom. The van der Waals surface area contributed by atoms with Gasteiger partial charge < -0.3 is 0 Å². The lowest BCUT2D eigenvalue weighted by molar-refractivity contribution is 1.12. The number of para-hydroxylation sites is 1. The predicted octanol–water partition coefficient (Wildman–Crippen LogP) is 3.45. The highest BCUT2D eigenvalue weighted by atomic mass is 35.5. The van der Waals surface area contributed by atoms with Gasteiger partial charge in [-0.25, -0.2) is 0 Å². The van der Waals surface area contributed by atoms with Crippen molar-refractivity contribution < 1.29 is 0 Å². The highest BCUT2D eigenvalue weighted by molar-refractivity contribution is 6.26. The first-order chi connectivity index (χ1) is 6.33. The Balaban J connectivity index is 2.52. The molecule has 2 heteroatoms. The number of fused-ring (bicyclic) bond motifs is 1. The van der Waals surface area contributed by atoms with Crippen LogP contribution in [-0.2, 0) is 0 Å². The van der Waals surface area contributed by atoms with E-state index in [1.54, 1.807) is 4.42 Å². The van der Waals surface area contributed by atoms with Crippen molar-refractivity contribution in [2.45, 2.75) is 13.3 Å². The minimum Gasteiger partial charge on any atom is -0.281 e. The third-order valence-electron chi connectivity index (χ3n) is 2.39. The van der Waals surface area contributed by atoms with Gasteiger partial charge in [-0.15, -0.1) is 0 Å². The maximum atomic E-state index is 6.06. The smallest absolute Gasteiger partial charge is 0.0601 e. The molecule has 0 saturated carbocycles. The molecule has 0 aliphatic carbocycles. The van der Waals surface area contributed by atoms with Gasteiger partial charge in [-0.2, -0.15) is 0 Å². The van der Waals surface area contributed by atoms with E-state index >= 15 is 0 Å². The highest BCUT2D eigenvalue weighted by Gasteiger charge is 2.14. The summed E-state index contributed by atoms with van der Waals surface area (Å²) in [7, 11) is 0. The van der Waals surface area contributed by atoms with E-state index in [4.69, 9.17) is 11.8 Å². The summed E-state index contributed by atoms with van der Waals surface area (Å²) < 4.78 is 1.76. The topological polar surface area (TPSA) is 3.24 Å². The summed E-state index contributed by atoms with van der Waals surface area (Å²) in [6.45, 7) is 2.98. The number of hydrogen-bond acceptors (Lipinski definition) is 1. The Bertz CT molecular complexity index is 344. The van der Waals surface area contributed by atoms with E-state index in [0.29, 0.717) is 0 Å². The van der Waals surface area contributed by atoms with Crippen molar-refractivity contribution in [3.8, 4) is 0 Å². The number of nitrogens with zero attached hydrogens (tertiary/aromatic N) is 1. The largest absolute Gasteiger partial charge is 0.281 e. The van der Waals surface area contributed by atoms with Gasteiger partial charge in [0.25, 0.3) is 0 Å². The zero-order chi connectivity index (χ0) is 9.26. The van der Waals surface area contributed by atoms with Crippen LogP contribution in [0.1, 0.15) is 18.9 Å². The summed E-state index contributed by atoms with van der Waals surface area (Å²) in [4.78, 5) is 0. The van der Waals surface area contributed by atoms with Crippen LogP contribution in [-0.4, -0.2) is 6.54 Å². The second-order valence-corrected chi connectivity index (χ2v) is 3.55. The van der Waals surface area contributed by atoms with E-state index in [1.165, 1.54) is 11.1 Å². The van der Waals surface area contributed by atoms with Gasteiger partial charge in [0.15, 0.2) is 0 Å². The van der Waals surface area contributed by atoms with Gasteiger partial charge in [0, 0.05) is 17.3 Å². The van der Waals surface area contributed by atoms with Crippen LogP contribution in [0.4, 0.5) is 5.69 Å². The van der Waals surface area contributed by atoms with Crippen molar-refractivity contribution >= 4 is 23.0 Å². The van der Waals surface area contributed by atoms with Gasteiger partial charge in [-0.1, -0.05) is 31.2 Å². The monoisotopic (exact) mass is 193 g/mol. The third kappa shape index (κ3) is 1.44. The standard InChI is InChI=1S/C11H12ClN/c1-2-9-7-8-13(12)11-6-4-3-5-10(9)11/h3-7H,2,8H2,1H3. The lowest BCUT2D eigenvalue weighted by Crippen LogP contribution is -2.15. The Morgan fingerprint density at radius 1 is 1.38 bits per heavy atom. The first-order valence-corrected chi connectivity index (χ1v) is 4.88. The first kappa shape index (κ1) is 8.64. The number of allylic oxidation sites excluding steroid dienone is 1. The number of anilines is 1. The van der Waals surface area contributed by atoms with Crippen molar-refractivity contribution in [1.82, 2.24) is 0 Å². The summed E-state index contributed by atoms with van der Waals surface area (Å²) in [5.41, 5.74) is 3.79. The van der Waals surface area contributed by atoms with Crippen LogP contribution in [0.25, 0.3) is 5.57 Å². The molecule has 1 aliphatic heterocycles. The van der Waals surface area contributed by atoms with E-state index in [9.17, 15) is 0 Å². The Morgan fingerprint density at radius 3 is 2.92 bits per heavy atom. The van der Waals surface area contributed by atoms with E-state index < -0.39 is 0 Å². The maximum Gasteiger partial charge on any atom is 0.0601 e. The van der Waals surface area contributed by atoms with Crippen molar-refractivity contribution in [2.24, 2.45) is 0 Å². The van der Waals surface area contributed by atoms with Crippen molar-refractivity contribution in [3.63, 3.8) is 0 Å². The zero-order valence-corrected chi connectivity index (χ0v) is 8.38. The quantitative estimate of drug-likeness (QED) is 0.618. The molecular formula is C11H12ClN. The fourth-order valence-electron chi connectivity index (χ4n) is 1.69. The SMILES string of the molecule is CCC1=CCN(Cl)c2ccccc21.